The molecule has 50 heavy (non-hydrogen) atoms. The Kier molecular flexibility index (Phi) is 14.0. The van der Waals surface area contributed by atoms with Gasteiger partial charge in [-0.15, -0.1) is 0 Å². The Hall–Kier alpha value is -3.74. The number of carbonyl (C=O) groups is 2. The van der Waals surface area contributed by atoms with Crippen LogP contribution in [0, 0.1) is 19.8 Å². The number of hydrogen-bond donors (Lipinski definition) is 5. The molecule has 0 saturated carbocycles. The third-order valence-electron chi connectivity index (χ3n) is 8.86. The van der Waals surface area contributed by atoms with Crippen molar-refractivity contribution in [3.05, 3.63) is 115 Å². The highest BCUT2D eigenvalue weighted by atomic mass is 79.9. The number of hydrogen-bond acceptors (Lipinski definition) is 7. The SMILES string of the molecule is Cc1c(COc2ccc(CC[C@@H](C(=O)O)[C@H](C)O)cc2Br)cccc1-c1cccc(COc2ccc(CN[C@@H](C(=O)O)[C@H](C)O)cc2Br)c1C. The van der Waals surface area contributed by atoms with E-state index >= 15 is 0 Å². The maximum atomic E-state index is 11.4. The first kappa shape index (κ1) is 39.1. The number of rotatable bonds is 17. The Morgan fingerprint density at radius 3 is 1.66 bits per heavy atom. The van der Waals surface area contributed by atoms with E-state index in [4.69, 9.17) is 9.47 Å². The number of nitrogens with one attached hydrogen (secondary N) is 1. The van der Waals surface area contributed by atoms with E-state index in [0.29, 0.717) is 37.6 Å². The van der Waals surface area contributed by atoms with E-state index in [9.17, 15) is 30.0 Å². The van der Waals surface area contributed by atoms with Crippen molar-refractivity contribution < 1.29 is 39.5 Å². The average Bonchev–Trinajstić information content (AvgIpc) is 3.05. The zero-order valence-electron chi connectivity index (χ0n) is 28.5. The van der Waals surface area contributed by atoms with Crippen LogP contribution in [0.4, 0.5) is 0 Å². The lowest BCUT2D eigenvalue weighted by molar-refractivity contribution is -0.145. The maximum Gasteiger partial charge on any atom is 0.323 e. The van der Waals surface area contributed by atoms with Gasteiger partial charge < -0.3 is 29.9 Å². The summed E-state index contributed by atoms with van der Waals surface area (Å²) in [5.74, 6) is -1.59. The molecular formula is C39H43Br2NO8. The predicted molar refractivity (Wildman–Crippen MR) is 199 cm³/mol. The summed E-state index contributed by atoms with van der Waals surface area (Å²) in [6, 6.07) is 22.6. The third-order valence-corrected chi connectivity index (χ3v) is 10.1. The quantitative estimate of drug-likeness (QED) is 0.0729. The average molecular weight is 814 g/mol. The van der Waals surface area contributed by atoms with Crippen LogP contribution in [0.15, 0.2) is 81.7 Å². The zero-order chi connectivity index (χ0) is 36.5. The van der Waals surface area contributed by atoms with Crippen molar-refractivity contribution in [2.75, 3.05) is 0 Å². The molecule has 0 aromatic heterocycles. The molecule has 0 aliphatic carbocycles. The normalized spacial score (nSPS) is 13.7. The minimum absolute atomic E-state index is 0.275. The molecule has 0 saturated heterocycles. The van der Waals surface area contributed by atoms with Gasteiger partial charge in [0.2, 0.25) is 0 Å². The van der Waals surface area contributed by atoms with Gasteiger partial charge in [-0.25, -0.2) is 0 Å². The van der Waals surface area contributed by atoms with Gasteiger partial charge in [0.1, 0.15) is 30.8 Å². The Morgan fingerprint density at radius 1 is 0.720 bits per heavy atom. The second-order valence-electron chi connectivity index (χ2n) is 12.4. The van der Waals surface area contributed by atoms with Crippen LogP contribution in [0.2, 0.25) is 0 Å². The molecule has 0 spiro atoms. The van der Waals surface area contributed by atoms with Gasteiger partial charge in [-0.05, 0) is 141 Å². The van der Waals surface area contributed by atoms with Crippen LogP contribution in [-0.4, -0.2) is 50.6 Å². The number of aryl methyl sites for hydroxylation is 1. The van der Waals surface area contributed by atoms with Crippen LogP contribution < -0.4 is 14.8 Å². The first-order chi connectivity index (χ1) is 23.8. The monoisotopic (exact) mass is 811 g/mol. The molecule has 0 aliphatic heterocycles. The molecule has 4 rings (SSSR count). The number of carboxylic acids is 2. The zero-order valence-corrected chi connectivity index (χ0v) is 31.6. The Morgan fingerprint density at radius 2 is 1.22 bits per heavy atom. The number of benzene rings is 4. The van der Waals surface area contributed by atoms with Crippen molar-refractivity contribution in [3.8, 4) is 22.6 Å². The number of aliphatic hydroxyl groups excluding tert-OH is 2. The minimum atomic E-state index is -1.11. The summed E-state index contributed by atoms with van der Waals surface area (Å²) in [7, 11) is 0. The fraction of sp³-hybridized carbons (Fsp3) is 0.333. The van der Waals surface area contributed by atoms with Gasteiger partial charge in [-0.2, -0.15) is 0 Å². The van der Waals surface area contributed by atoms with Gasteiger partial charge in [0.15, 0.2) is 0 Å². The smallest absolute Gasteiger partial charge is 0.323 e. The number of aliphatic carboxylic acids is 2. The van der Waals surface area contributed by atoms with Crippen molar-refractivity contribution in [3.63, 3.8) is 0 Å². The van der Waals surface area contributed by atoms with Crippen LogP contribution in [0.1, 0.15) is 53.6 Å². The molecule has 266 valence electrons. The first-order valence-corrected chi connectivity index (χ1v) is 17.9. The van der Waals surface area contributed by atoms with Crippen LogP contribution >= 0.6 is 31.9 Å². The second kappa shape index (κ2) is 18.0. The van der Waals surface area contributed by atoms with Crippen molar-refractivity contribution in [1.29, 1.82) is 0 Å². The summed E-state index contributed by atoms with van der Waals surface area (Å²) in [6.07, 6.45) is -1.08. The summed E-state index contributed by atoms with van der Waals surface area (Å²) in [4.78, 5) is 22.8. The molecule has 4 atom stereocenters. The standard InChI is InChI=1S/C39H43Br2NO8/c1-22-28(20-49-35-15-12-26(17-33(35)40)11-14-32(24(3)43)38(45)46)7-5-9-30(22)31-10-6-8-29(23(31)2)21-50-36-16-13-27(18-34(36)41)19-42-37(25(4)44)39(47)48/h5-10,12-13,15-18,24-25,32,37,42-44H,11,14,19-21H2,1-4H3,(H,45,46)(H,47,48)/t24-,25-,32+,37+/m0/s1. The molecule has 0 unspecified atom stereocenters. The van der Waals surface area contributed by atoms with E-state index in [1.165, 1.54) is 13.8 Å². The van der Waals surface area contributed by atoms with E-state index in [0.717, 1.165) is 53.5 Å². The lowest BCUT2D eigenvalue weighted by Crippen LogP contribution is -2.44. The van der Waals surface area contributed by atoms with Gasteiger partial charge in [-0.1, -0.05) is 48.5 Å². The van der Waals surface area contributed by atoms with Crippen molar-refractivity contribution in [2.24, 2.45) is 5.92 Å². The fourth-order valence-corrected chi connectivity index (χ4v) is 6.83. The highest BCUT2D eigenvalue weighted by Gasteiger charge is 2.23. The molecule has 5 N–H and O–H groups in total. The summed E-state index contributed by atoms with van der Waals surface area (Å²) in [5.41, 5.74) is 8.28. The molecule has 0 aliphatic rings. The van der Waals surface area contributed by atoms with E-state index in [1.807, 2.05) is 54.6 Å². The number of halogens is 2. The number of carboxylic acid groups (broad SMARTS) is 2. The van der Waals surface area contributed by atoms with Gasteiger partial charge in [0.05, 0.1) is 27.1 Å². The van der Waals surface area contributed by atoms with E-state index in [1.54, 1.807) is 0 Å². The molecule has 0 radical (unpaired) electrons. The molecule has 0 heterocycles. The molecule has 4 aromatic carbocycles. The molecule has 0 fully saturated rings. The highest BCUT2D eigenvalue weighted by Crippen LogP contribution is 2.33. The van der Waals surface area contributed by atoms with Gasteiger partial charge in [0, 0.05) is 6.54 Å². The minimum Gasteiger partial charge on any atom is -0.488 e. The summed E-state index contributed by atoms with van der Waals surface area (Å²) in [5, 5.41) is 41.0. The fourth-order valence-electron chi connectivity index (χ4n) is 5.75. The lowest BCUT2D eigenvalue weighted by atomic mass is 9.92. The molecular weight excluding hydrogens is 770 g/mol. The lowest BCUT2D eigenvalue weighted by Gasteiger charge is -2.18. The third kappa shape index (κ3) is 10.2. The molecule has 4 aromatic rings. The predicted octanol–water partition coefficient (Wildman–Crippen LogP) is 7.59. The molecule has 11 heteroatoms. The van der Waals surface area contributed by atoms with Crippen molar-refractivity contribution in [2.45, 2.75) is 78.5 Å². The van der Waals surface area contributed by atoms with Gasteiger partial charge in [0.25, 0.3) is 0 Å². The van der Waals surface area contributed by atoms with Crippen molar-refractivity contribution in [1.82, 2.24) is 5.32 Å². The summed E-state index contributed by atoms with van der Waals surface area (Å²) >= 11 is 7.17. The van der Waals surface area contributed by atoms with Crippen LogP contribution in [0.25, 0.3) is 11.1 Å². The molecule has 9 nitrogen and oxygen atoms in total. The van der Waals surface area contributed by atoms with E-state index < -0.39 is 36.1 Å². The van der Waals surface area contributed by atoms with E-state index in [2.05, 4.69) is 69.2 Å². The molecule has 0 amide bonds. The van der Waals surface area contributed by atoms with Crippen molar-refractivity contribution >= 4 is 43.8 Å². The molecule has 0 bridgehead atoms. The highest BCUT2D eigenvalue weighted by molar-refractivity contribution is 9.10. The van der Waals surface area contributed by atoms with Crippen LogP contribution in [0.5, 0.6) is 11.5 Å². The topological polar surface area (TPSA) is 146 Å². The van der Waals surface area contributed by atoms with E-state index in [-0.39, 0.29) is 6.54 Å². The summed E-state index contributed by atoms with van der Waals surface area (Å²) in [6.45, 7) is 8.09. The summed E-state index contributed by atoms with van der Waals surface area (Å²) < 4.78 is 13.9. The second-order valence-corrected chi connectivity index (χ2v) is 14.2. The largest absolute Gasteiger partial charge is 0.488 e. The van der Waals surface area contributed by atoms with Gasteiger partial charge >= 0.3 is 11.9 Å². The maximum absolute atomic E-state index is 11.4. The number of aliphatic hydroxyl groups is 2. The Balaban J connectivity index is 1.41. The first-order valence-electron chi connectivity index (χ1n) is 16.3. The number of ether oxygens (including phenoxy) is 2. The Bertz CT molecular complexity index is 1680. The van der Waals surface area contributed by atoms with Gasteiger partial charge in [-0.3, -0.25) is 14.9 Å². The van der Waals surface area contributed by atoms with Crippen LogP contribution in [-0.2, 0) is 35.8 Å². The van der Waals surface area contributed by atoms with Crippen LogP contribution in [0.3, 0.4) is 0 Å². The Labute approximate surface area is 309 Å².